The second-order valence-corrected chi connectivity index (χ2v) is 8.25. The van der Waals surface area contributed by atoms with Crippen LogP contribution in [-0.2, 0) is 14.3 Å². The molecule has 0 aromatic heterocycles. The van der Waals surface area contributed by atoms with E-state index in [4.69, 9.17) is 10.7 Å². The molecule has 0 unspecified atom stereocenters. The predicted octanol–water partition coefficient (Wildman–Crippen LogP) is 4.08. The lowest BCUT2D eigenvalue weighted by Crippen LogP contribution is -2.24. The van der Waals surface area contributed by atoms with Crippen molar-refractivity contribution in [3.05, 3.63) is 70.8 Å². The fourth-order valence-corrected chi connectivity index (χ4v) is 3.72. The monoisotopic (exact) mass is 529 g/mol. The van der Waals surface area contributed by atoms with Crippen molar-refractivity contribution in [2.24, 2.45) is 0 Å². The van der Waals surface area contributed by atoms with Crippen LogP contribution >= 0.6 is 0 Å². The number of carbonyl (C=O) groups is 4. The third-order valence-electron chi connectivity index (χ3n) is 5.52. The van der Waals surface area contributed by atoms with Crippen LogP contribution in [0.1, 0.15) is 34.0 Å². The number of hydrogen-bond donors (Lipinski definition) is 6. The van der Waals surface area contributed by atoms with Crippen molar-refractivity contribution in [3.8, 4) is 22.9 Å². The van der Waals surface area contributed by atoms with Crippen molar-refractivity contribution >= 4 is 46.7 Å². The van der Waals surface area contributed by atoms with E-state index in [9.17, 15) is 29.4 Å². The second-order valence-electron chi connectivity index (χ2n) is 8.25. The highest BCUT2D eigenvalue weighted by molar-refractivity contribution is 6.48. The van der Waals surface area contributed by atoms with Gasteiger partial charge in [0.2, 0.25) is 5.91 Å². The zero-order chi connectivity index (χ0) is 28.9. The highest BCUT2D eigenvalue weighted by Gasteiger charge is 2.22. The van der Waals surface area contributed by atoms with E-state index in [1.807, 2.05) is 6.07 Å². The van der Waals surface area contributed by atoms with E-state index in [0.29, 0.717) is 22.4 Å². The number of nitrogens with one attached hydrogen (secondary N) is 4. The molecule has 0 atom stereocenters. The average molecular weight is 530 g/mol. The topological polar surface area (TPSA) is 202 Å². The van der Waals surface area contributed by atoms with E-state index < -0.39 is 35.3 Å². The lowest BCUT2D eigenvalue weighted by atomic mass is 9.95. The number of aromatic hydroxyl groups is 1. The number of benzene rings is 3. The smallest absolute Gasteiger partial charge is 0.411 e. The second kappa shape index (κ2) is 11.6. The SMILES string of the molecule is COC(=O)Nc1ccc(-c2cc(O)c(C(=N)C(=O)Nc3ccc(C#N)cc3C(=O)O)cc2NC(C)=O)c(C)c1. The third kappa shape index (κ3) is 6.36. The molecule has 3 rings (SSSR count). The van der Waals surface area contributed by atoms with Gasteiger partial charge in [-0.15, -0.1) is 0 Å². The summed E-state index contributed by atoms with van der Waals surface area (Å²) in [6.07, 6.45) is -0.656. The molecule has 3 aromatic rings. The van der Waals surface area contributed by atoms with Crippen molar-refractivity contribution < 1.29 is 34.1 Å². The molecule has 0 aliphatic carbocycles. The summed E-state index contributed by atoms with van der Waals surface area (Å²) in [6, 6.07) is 12.8. The molecule has 0 aliphatic heterocycles. The molecule has 3 aromatic carbocycles. The van der Waals surface area contributed by atoms with Crippen LogP contribution < -0.4 is 16.0 Å². The number of rotatable bonds is 7. The number of nitrogens with zero attached hydrogens (tertiary/aromatic N) is 1. The number of nitriles is 1. The number of hydrogen-bond acceptors (Lipinski definition) is 8. The molecule has 12 heteroatoms. The maximum Gasteiger partial charge on any atom is 0.411 e. The van der Waals surface area contributed by atoms with E-state index in [1.54, 1.807) is 25.1 Å². The number of phenols is 1. The van der Waals surface area contributed by atoms with Gasteiger partial charge in [-0.25, -0.2) is 9.59 Å². The Hall–Kier alpha value is -5.70. The molecule has 12 nitrogen and oxygen atoms in total. The number of aromatic carboxylic acids is 1. The van der Waals surface area contributed by atoms with Gasteiger partial charge in [-0.2, -0.15) is 5.26 Å². The van der Waals surface area contributed by atoms with Crippen LogP contribution in [0.4, 0.5) is 21.9 Å². The van der Waals surface area contributed by atoms with Crippen molar-refractivity contribution in [2.75, 3.05) is 23.1 Å². The van der Waals surface area contributed by atoms with Gasteiger partial charge in [-0.1, -0.05) is 6.07 Å². The maximum atomic E-state index is 12.9. The fraction of sp³-hybridized carbons (Fsp3) is 0.111. The molecule has 0 saturated heterocycles. The minimum absolute atomic E-state index is 0.0676. The first kappa shape index (κ1) is 27.9. The zero-order valence-electron chi connectivity index (χ0n) is 21.0. The van der Waals surface area contributed by atoms with Crippen LogP contribution in [0.15, 0.2) is 48.5 Å². The van der Waals surface area contributed by atoms with Crippen LogP contribution in [0.25, 0.3) is 11.1 Å². The number of carboxylic acid groups (broad SMARTS) is 1. The predicted molar refractivity (Wildman–Crippen MR) is 142 cm³/mol. The van der Waals surface area contributed by atoms with E-state index in [2.05, 4.69) is 20.7 Å². The van der Waals surface area contributed by atoms with E-state index in [0.717, 1.165) is 6.07 Å². The summed E-state index contributed by atoms with van der Waals surface area (Å²) in [7, 11) is 1.23. The van der Waals surface area contributed by atoms with Gasteiger partial charge in [0.05, 0.1) is 30.0 Å². The Morgan fingerprint density at radius 3 is 2.23 bits per heavy atom. The molecule has 0 heterocycles. The summed E-state index contributed by atoms with van der Waals surface area (Å²) in [5, 5.41) is 45.0. The summed E-state index contributed by atoms with van der Waals surface area (Å²) in [4.78, 5) is 47.9. The van der Waals surface area contributed by atoms with Crippen molar-refractivity contribution in [3.63, 3.8) is 0 Å². The number of methoxy groups -OCH3 is 1. The van der Waals surface area contributed by atoms with Gasteiger partial charge in [0.25, 0.3) is 5.91 Å². The first-order chi connectivity index (χ1) is 18.4. The fourth-order valence-electron chi connectivity index (χ4n) is 3.72. The molecule has 0 spiro atoms. The summed E-state index contributed by atoms with van der Waals surface area (Å²) in [5.74, 6) is -3.33. The van der Waals surface area contributed by atoms with Crippen LogP contribution in [-0.4, -0.2) is 46.9 Å². The quantitative estimate of drug-likeness (QED) is 0.194. The van der Waals surface area contributed by atoms with Crippen molar-refractivity contribution in [1.29, 1.82) is 10.7 Å². The normalized spacial score (nSPS) is 10.1. The number of carbonyl (C=O) groups excluding carboxylic acids is 3. The number of ether oxygens (including phenoxy) is 1. The summed E-state index contributed by atoms with van der Waals surface area (Å²) in [6.45, 7) is 3.01. The lowest BCUT2D eigenvalue weighted by Gasteiger charge is -2.17. The molecule has 198 valence electrons. The van der Waals surface area contributed by atoms with E-state index in [1.165, 1.54) is 38.3 Å². The Balaban J connectivity index is 2.00. The van der Waals surface area contributed by atoms with Crippen molar-refractivity contribution in [1.82, 2.24) is 0 Å². The number of phenolic OH excluding ortho intramolecular Hbond substituents is 1. The Bertz CT molecular complexity index is 1570. The Morgan fingerprint density at radius 1 is 0.923 bits per heavy atom. The number of anilines is 3. The summed E-state index contributed by atoms with van der Waals surface area (Å²) in [5.41, 5.74) is 0.891. The van der Waals surface area contributed by atoms with E-state index >= 15 is 0 Å². The lowest BCUT2D eigenvalue weighted by molar-refractivity contribution is -0.114. The highest BCUT2D eigenvalue weighted by Crippen LogP contribution is 2.37. The summed E-state index contributed by atoms with van der Waals surface area (Å²) < 4.78 is 4.58. The number of carboxylic acids is 1. The molecular weight excluding hydrogens is 506 g/mol. The van der Waals surface area contributed by atoms with Crippen LogP contribution in [0.2, 0.25) is 0 Å². The van der Waals surface area contributed by atoms with E-state index in [-0.39, 0.29) is 28.1 Å². The van der Waals surface area contributed by atoms with Gasteiger partial charge in [0, 0.05) is 29.4 Å². The van der Waals surface area contributed by atoms with Gasteiger partial charge in [0.1, 0.15) is 11.5 Å². The first-order valence-corrected chi connectivity index (χ1v) is 11.2. The summed E-state index contributed by atoms with van der Waals surface area (Å²) >= 11 is 0. The van der Waals surface area contributed by atoms with Gasteiger partial charge in [-0.3, -0.25) is 20.3 Å². The molecule has 0 aliphatic rings. The number of aryl methyl sites for hydroxylation is 1. The zero-order valence-corrected chi connectivity index (χ0v) is 21.0. The Morgan fingerprint density at radius 2 is 1.64 bits per heavy atom. The van der Waals surface area contributed by atoms with Crippen LogP contribution in [0.3, 0.4) is 0 Å². The molecule has 6 N–H and O–H groups in total. The Labute approximate surface area is 222 Å². The minimum Gasteiger partial charge on any atom is -0.507 e. The van der Waals surface area contributed by atoms with Gasteiger partial charge in [0.15, 0.2) is 0 Å². The molecule has 0 saturated carbocycles. The molecule has 0 bridgehead atoms. The van der Waals surface area contributed by atoms with Crippen molar-refractivity contribution in [2.45, 2.75) is 13.8 Å². The Kier molecular flexibility index (Phi) is 8.27. The number of amides is 3. The molecular formula is C27H23N5O7. The molecule has 3 amide bonds. The third-order valence-corrected chi connectivity index (χ3v) is 5.52. The standard InChI is InChI=1S/C27H23N5O7/c1-13-8-16(31-27(38)39-3)5-6-17(13)18-11-23(34)20(10-22(18)30-14(2)33)24(29)25(35)32-21-7-4-15(12-28)9-19(21)26(36)37/h4-11,29,34H,1-3H3,(H,30,33)(H,31,38)(H,32,35)(H,36,37). The van der Waals surface area contributed by atoms with Crippen LogP contribution in [0, 0.1) is 23.7 Å². The molecule has 0 radical (unpaired) electrons. The molecule has 39 heavy (non-hydrogen) atoms. The van der Waals surface area contributed by atoms with Crippen LogP contribution in [0.5, 0.6) is 5.75 Å². The highest BCUT2D eigenvalue weighted by atomic mass is 16.5. The maximum absolute atomic E-state index is 12.9. The van der Waals surface area contributed by atoms with Gasteiger partial charge >= 0.3 is 12.1 Å². The first-order valence-electron chi connectivity index (χ1n) is 11.2. The van der Waals surface area contributed by atoms with Gasteiger partial charge in [-0.05, 0) is 60.5 Å². The minimum atomic E-state index is -1.39. The largest absolute Gasteiger partial charge is 0.507 e. The van der Waals surface area contributed by atoms with Gasteiger partial charge < -0.3 is 25.6 Å². The molecule has 0 fully saturated rings. The average Bonchev–Trinajstić information content (AvgIpc) is 2.89.